The number of aryl methyl sites for hydroxylation is 2. The van der Waals surface area contributed by atoms with Crippen molar-refractivity contribution in [3.8, 4) is 0 Å². The number of ether oxygens (including phenoxy) is 1. The lowest BCUT2D eigenvalue weighted by Crippen LogP contribution is -2.42. The number of hydrogen-bond acceptors (Lipinski definition) is 4. The molecule has 0 spiro atoms. The number of rotatable bonds is 8. The maximum absolute atomic E-state index is 12.7. The van der Waals surface area contributed by atoms with Crippen molar-refractivity contribution < 1.29 is 14.3 Å². The molecule has 2 aromatic rings. The first kappa shape index (κ1) is 21.1. The van der Waals surface area contributed by atoms with Crippen molar-refractivity contribution in [3.05, 3.63) is 34.7 Å². The Morgan fingerprint density at radius 1 is 1.10 bits per heavy atom. The van der Waals surface area contributed by atoms with Gasteiger partial charge in [-0.1, -0.05) is 38.8 Å². The molecule has 158 valence electrons. The van der Waals surface area contributed by atoms with Gasteiger partial charge in [0.1, 0.15) is 0 Å². The molecule has 1 N–H and O–H groups in total. The lowest BCUT2D eigenvalue weighted by atomic mass is 9.86. The monoisotopic (exact) mass is 401 g/mol. The Morgan fingerprint density at radius 2 is 1.76 bits per heavy atom. The summed E-state index contributed by atoms with van der Waals surface area (Å²) in [6.07, 6.45) is 5.32. The summed E-state index contributed by atoms with van der Waals surface area (Å²) >= 11 is 0. The summed E-state index contributed by atoms with van der Waals surface area (Å²) in [7, 11) is 0. The van der Waals surface area contributed by atoms with Gasteiger partial charge in [-0.15, -0.1) is 0 Å². The molecule has 0 aliphatic heterocycles. The molecular formula is C22H31N3O4. The molecule has 1 amide bonds. The summed E-state index contributed by atoms with van der Waals surface area (Å²) in [6, 6.07) is 7.74. The Kier molecular flexibility index (Phi) is 7.12. The SMILES string of the molecule is CCCn1c(=O)n(CCC(=O)OCC(=O)N[C@H]2CCCC[C@H]2C)c2ccccc21. The molecule has 2 atom stereocenters. The van der Waals surface area contributed by atoms with Crippen LogP contribution in [0.5, 0.6) is 0 Å². The highest BCUT2D eigenvalue weighted by Gasteiger charge is 2.23. The summed E-state index contributed by atoms with van der Waals surface area (Å²) in [5.74, 6) is -0.277. The summed E-state index contributed by atoms with van der Waals surface area (Å²) in [4.78, 5) is 36.9. The topological polar surface area (TPSA) is 82.3 Å². The molecule has 1 saturated carbocycles. The maximum Gasteiger partial charge on any atom is 0.329 e. The molecule has 1 aromatic carbocycles. The average molecular weight is 402 g/mol. The second-order valence-corrected chi connectivity index (χ2v) is 7.92. The molecule has 0 unspecified atom stereocenters. The van der Waals surface area contributed by atoms with Crippen LogP contribution in [0.25, 0.3) is 11.0 Å². The van der Waals surface area contributed by atoms with Gasteiger partial charge in [0, 0.05) is 19.1 Å². The van der Waals surface area contributed by atoms with E-state index in [1.54, 1.807) is 9.13 Å². The predicted octanol–water partition coefficient (Wildman–Crippen LogP) is 2.84. The molecule has 7 heteroatoms. The number of esters is 1. The summed E-state index contributed by atoms with van der Waals surface area (Å²) in [5, 5.41) is 2.97. The number of carbonyl (C=O) groups is 2. The van der Waals surface area contributed by atoms with Gasteiger partial charge in [0.2, 0.25) is 0 Å². The van der Waals surface area contributed by atoms with Gasteiger partial charge < -0.3 is 10.1 Å². The van der Waals surface area contributed by atoms with E-state index < -0.39 is 5.97 Å². The van der Waals surface area contributed by atoms with Crippen molar-refractivity contribution in [2.45, 2.75) is 71.5 Å². The molecular weight excluding hydrogens is 370 g/mol. The summed E-state index contributed by atoms with van der Waals surface area (Å²) in [5.41, 5.74) is 1.56. The Hall–Kier alpha value is -2.57. The summed E-state index contributed by atoms with van der Waals surface area (Å²) < 4.78 is 8.48. The number of nitrogens with one attached hydrogen (secondary N) is 1. The standard InChI is InChI=1S/C22H31N3O4/c1-3-13-24-18-10-6-7-11-19(18)25(22(24)28)14-12-21(27)29-15-20(26)23-17-9-5-4-8-16(17)2/h6-7,10-11,16-17H,3-5,8-9,12-15H2,1-2H3,(H,23,26)/t16-,17+/m1/s1. The van der Waals surface area contributed by atoms with E-state index in [-0.39, 0.29) is 37.2 Å². The largest absolute Gasteiger partial charge is 0.456 e. The molecule has 1 fully saturated rings. The number of nitrogens with zero attached hydrogens (tertiary/aromatic N) is 2. The zero-order valence-corrected chi connectivity index (χ0v) is 17.4. The Morgan fingerprint density at radius 3 is 2.41 bits per heavy atom. The molecule has 7 nitrogen and oxygen atoms in total. The van der Waals surface area contributed by atoms with Gasteiger partial charge in [-0.25, -0.2) is 4.79 Å². The second-order valence-electron chi connectivity index (χ2n) is 7.92. The molecule has 3 rings (SSSR count). The van der Waals surface area contributed by atoms with Crippen LogP contribution in [-0.2, 0) is 27.4 Å². The van der Waals surface area contributed by atoms with Crippen molar-refractivity contribution in [1.29, 1.82) is 0 Å². The average Bonchev–Trinajstić information content (AvgIpc) is 2.98. The Balaban J connectivity index is 1.54. The number of carbonyl (C=O) groups excluding carboxylic acids is 2. The van der Waals surface area contributed by atoms with E-state index in [0.29, 0.717) is 12.5 Å². The third-order valence-electron chi connectivity index (χ3n) is 5.73. The zero-order chi connectivity index (χ0) is 20.8. The van der Waals surface area contributed by atoms with Crippen molar-refractivity contribution >= 4 is 22.9 Å². The minimum Gasteiger partial charge on any atom is -0.456 e. The minimum absolute atomic E-state index is 0.0488. The van der Waals surface area contributed by atoms with E-state index in [2.05, 4.69) is 12.2 Å². The number of para-hydroxylation sites is 2. The van der Waals surface area contributed by atoms with Crippen molar-refractivity contribution in [1.82, 2.24) is 14.5 Å². The first-order chi connectivity index (χ1) is 14.0. The van der Waals surface area contributed by atoms with Gasteiger partial charge in [0.05, 0.1) is 17.5 Å². The van der Waals surface area contributed by atoms with E-state index in [9.17, 15) is 14.4 Å². The zero-order valence-electron chi connectivity index (χ0n) is 17.4. The van der Waals surface area contributed by atoms with Crippen LogP contribution in [0.2, 0.25) is 0 Å². The maximum atomic E-state index is 12.7. The molecule has 1 aliphatic carbocycles. The van der Waals surface area contributed by atoms with Gasteiger partial charge in [-0.2, -0.15) is 0 Å². The highest BCUT2D eigenvalue weighted by Crippen LogP contribution is 2.23. The summed E-state index contributed by atoms with van der Waals surface area (Å²) in [6.45, 7) is 4.76. The fourth-order valence-electron chi connectivity index (χ4n) is 4.13. The smallest absolute Gasteiger partial charge is 0.329 e. The number of imidazole rings is 1. The molecule has 1 aliphatic rings. The molecule has 1 aromatic heterocycles. The predicted molar refractivity (Wildman–Crippen MR) is 112 cm³/mol. The fraction of sp³-hybridized carbons (Fsp3) is 0.591. The van der Waals surface area contributed by atoms with Gasteiger partial charge in [-0.05, 0) is 37.3 Å². The van der Waals surface area contributed by atoms with E-state index in [1.807, 2.05) is 31.2 Å². The third-order valence-corrected chi connectivity index (χ3v) is 5.73. The van der Waals surface area contributed by atoms with E-state index >= 15 is 0 Å². The number of amides is 1. The first-order valence-corrected chi connectivity index (χ1v) is 10.6. The fourth-order valence-corrected chi connectivity index (χ4v) is 4.13. The van der Waals surface area contributed by atoms with Crippen LogP contribution in [0.4, 0.5) is 0 Å². The number of benzene rings is 1. The van der Waals surface area contributed by atoms with Gasteiger partial charge >= 0.3 is 11.7 Å². The first-order valence-electron chi connectivity index (χ1n) is 10.6. The van der Waals surface area contributed by atoms with Crippen molar-refractivity contribution in [3.63, 3.8) is 0 Å². The van der Waals surface area contributed by atoms with Crippen LogP contribution in [0.3, 0.4) is 0 Å². The van der Waals surface area contributed by atoms with E-state index in [4.69, 9.17) is 4.74 Å². The van der Waals surface area contributed by atoms with Crippen molar-refractivity contribution in [2.75, 3.05) is 6.61 Å². The Bertz CT molecular complexity index is 914. The number of hydrogen-bond donors (Lipinski definition) is 1. The lowest BCUT2D eigenvalue weighted by molar-refractivity contribution is -0.149. The van der Waals surface area contributed by atoms with Crippen LogP contribution in [-0.4, -0.2) is 33.7 Å². The van der Waals surface area contributed by atoms with Crippen molar-refractivity contribution in [2.24, 2.45) is 5.92 Å². The molecule has 0 saturated heterocycles. The third kappa shape index (κ3) is 5.08. The number of fused-ring (bicyclic) bond motifs is 1. The minimum atomic E-state index is -0.476. The van der Waals surface area contributed by atoms with Crippen LogP contribution in [0.15, 0.2) is 29.1 Å². The van der Waals surface area contributed by atoms with E-state index in [1.165, 1.54) is 6.42 Å². The van der Waals surface area contributed by atoms with Crippen LogP contribution in [0.1, 0.15) is 52.4 Å². The highest BCUT2D eigenvalue weighted by molar-refractivity contribution is 5.81. The van der Waals surface area contributed by atoms with Gasteiger partial charge in [-0.3, -0.25) is 18.7 Å². The molecule has 0 bridgehead atoms. The van der Waals surface area contributed by atoms with Gasteiger partial charge in [0.15, 0.2) is 6.61 Å². The second kappa shape index (κ2) is 9.76. The quantitative estimate of drug-likeness (QED) is 0.690. The normalized spacial score (nSPS) is 19.2. The number of aromatic nitrogens is 2. The molecule has 0 radical (unpaired) electrons. The molecule has 1 heterocycles. The molecule has 29 heavy (non-hydrogen) atoms. The van der Waals surface area contributed by atoms with Crippen LogP contribution in [0, 0.1) is 5.92 Å². The van der Waals surface area contributed by atoms with Gasteiger partial charge in [0.25, 0.3) is 5.91 Å². The van der Waals surface area contributed by atoms with Crippen LogP contribution >= 0.6 is 0 Å². The van der Waals surface area contributed by atoms with Crippen LogP contribution < -0.4 is 11.0 Å². The highest BCUT2D eigenvalue weighted by atomic mass is 16.5. The Labute approximate surface area is 171 Å². The lowest BCUT2D eigenvalue weighted by Gasteiger charge is -2.29. The van der Waals surface area contributed by atoms with E-state index in [0.717, 1.165) is 36.7 Å².